The third kappa shape index (κ3) is 2.94. The fourth-order valence-corrected chi connectivity index (χ4v) is 3.19. The molecule has 0 aromatic carbocycles. The minimum absolute atomic E-state index is 0.0875. The molecule has 2 nitrogen and oxygen atoms in total. The maximum atomic E-state index is 6.52. The summed E-state index contributed by atoms with van der Waals surface area (Å²) in [5.74, 6) is 1.49. The van der Waals surface area contributed by atoms with Gasteiger partial charge in [0, 0.05) is 12.6 Å². The van der Waals surface area contributed by atoms with Crippen LogP contribution in [0.25, 0.3) is 0 Å². The van der Waals surface area contributed by atoms with Crippen molar-refractivity contribution in [3.63, 3.8) is 0 Å². The smallest absolute Gasteiger partial charge is 0.0645 e. The van der Waals surface area contributed by atoms with E-state index in [1.54, 1.807) is 7.11 Å². The van der Waals surface area contributed by atoms with E-state index in [1.807, 2.05) is 0 Å². The van der Waals surface area contributed by atoms with E-state index in [0.29, 0.717) is 12.5 Å². The highest BCUT2D eigenvalue weighted by atomic mass is 16.5. The Morgan fingerprint density at radius 2 is 1.93 bits per heavy atom. The predicted molar refractivity (Wildman–Crippen MR) is 64.8 cm³/mol. The van der Waals surface area contributed by atoms with E-state index in [0.717, 1.165) is 12.3 Å². The Hall–Kier alpha value is -0.0800. The Labute approximate surface area is 94.6 Å². The Morgan fingerprint density at radius 3 is 2.47 bits per heavy atom. The zero-order valence-electron chi connectivity index (χ0n) is 10.6. The highest BCUT2D eigenvalue weighted by Gasteiger charge is 2.38. The van der Waals surface area contributed by atoms with E-state index in [2.05, 4.69) is 13.8 Å². The van der Waals surface area contributed by atoms with Crippen LogP contribution in [0.3, 0.4) is 0 Å². The minimum Gasteiger partial charge on any atom is -0.383 e. The topological polar surface area (TPSA) is 35.2 Å². The first-order valence-corrected chi connectivity index (χ1v) is 6.45. The van der Waals surface area contributed by atoms with Crippen molar-refractivity contribution in [3.05, 3.63) is 0 Å². The maximum Gasteiger partial charge on any atom is 0.0645 e. The second-order valence-corrected chi connectivity index (χ2v) is 5.08. The van der Waals surface area contributed by atoms with Crippen LogP contribution in [0.4, 0.5) is 0 Å². The van der Waals surface area contributed by atoms with Crippen LogP contribution in [-0.4, -0.2) is 19.3 Å². The van der Waals surface area contributed by atoms with Crippen molar-refractivity contribution in [2.24, 2.45) is 17.6 Å². The SMILES string of the molecule is CCC1CCCCC1C(N)(CC)COC. The molecular weight excluding hydrogens is 186 g/mol. The Bertz CT molecular complexity index is 183. The van der Waals surface area contributed by atoms with E-state index in [1.165, 1.54) is 32.1 Å². The minimum atomic E-state index is -0.0875. The lowest BCUT2D eigenvalue weighted by atomic mass is 9.67. The fourth-order valence-electron chi connectivity index (χ4n) is 3.19. The lowest BCUT2D eigenvalue weighted by Gasteiger charge is -2.43. The molecule has 0 spiro atoms. The molecule has 0 aliphatic heterocycles. The molecular formula is C13H27NO. The second-order valence-electron chi connectivity index (χ2n) is 5.08. The van der Waals surface area contributed by atoms with Crippen LogP contribution in [0.15, 0.2) is 0 Å². The van der Waals surface area contributed by atoms with Crippen LogP contribution in [0.2, 0.25) is 0 Å². The predicted octanol–water partition coefficient (Wildman–Crippen LogP) is 2.96. The van der Waals surface area contributed by atoms with Gasteiger partial charge in [0.05, 0.1) is 6.61 Å². The molecule has 2 heteroatoms. The summed E-state index contributed by atoms with van der Waals surface area (Å²) < 4.78 is 5.32. The molecule has 0 aromatic heterocycles. The van der Waals surface area contributed by atoms with E-state index in [-0.39, 0.29) is 5.54 Å². The third-order valence-electron chi connectivity index (χ3n) is 4.24. The first-order valence-electron chi connectivity index (χ1n) is 6.45. The summed E-state index contributed by atoms with van der Waals surface area (Å²) in [5.41, 5.74) is 6.44. The molecule has 1 aliphatic carbocycles. The third-order valence-corrected chi connectivity index (χ3v) is 4.24. The molecule has 1 aliphatic rings. The van der Waals surface area contributed by atoms with Crippen molar-refractivity contribution in [1.29, 1.82) is 0 Å². The van der Waals surface area contributed by atoms with Gasteiger partial charge >= 0.3 is 0 Å². The Kier molecular flexibility index (Phi) is 5.07. The van der Waals surface area contributed by atoms with Gasteiger partial charge in [0.1, 0.15) is 0 Å². The number of hydrogen-bond donors (Lipinski definition) is 1. The number of rotatable bonds is 5. The van der Waals surface area contributed by atoms with Crippen LogP contribution < -0.4 is 5.73 Å². The van der Waals surface area contributed by atoms with Gasteiger partial charge in [0.2, 0.25) is 0 Å². The normalized spacial score (nSPS) is 31.2. The van der Waals surface area contributed by atoms with Gasteiger partial charge in [-0.05, 0) is 24.7 Å². The van der Waals surface area contributed by atoms with Crippen LogP contribution in [-0.2, 0) is 4.74 Å². The van der Waals surface area contributed by atoms with Gasteiger partial charge in [-0.2, -0.15) is 0 Å². The lowest BCUT2D eigenvalue weighted by Crippen LogP contribution is -2.53. The number of nitrogens with two attached hydrogens (primary N) is 1. The summed E-state index contributed by atoms with van der Waals surface area (Å²) in [7, 11) is 1.76. The van der Waals surface area contributed by atoms with Crippen molar-refractivity contribution >= 4 is 0 Å². The molecule has 2 N–H and O–H groups in total. The molecule has 90 valence electrons. The van der Waals surface area contributed by atoms with E-state index in [4.69, 9.17) is 10.5 Å². The van der Waals surface area contributed by atoms with Crippen LogP contribution in [0.1, 0.15) is 52.4 Å². The summed E-state index contributed by atoms with van der Waals surface area (Å²) in [6.45, 7) is 5.21. The molecule has 1 fully saturated rings. The van der Waals surface area contributed by atoms with Gasteiger partial charge < -0.3 is 10.5 Å². The Balaban J connectivity index is 2.70. The Morgan fingerprint density at radius 1 is 1.27 bits per heavy atom. The molecule has 1 saturated carbocycles. The molecule has 0 amide bonds. The molecule has 15 heavy (non-hydrogen) atoms. The lowest BCUT2D eigenvalue weighted by molar-refractivity contribution is 0.0459. The van der Waals surface area contributed by atoms with E-state index >= 15 is 0 Å². The molecule has 1 rings (SSSR count). The van der Waals surface area contributed by atoms with Gasteiger partial charge in [0.25, 0.3) is 0 Å². The van der Waals surface area contributed by atoms with E-state index < -0.39 is 0 Å². The van der Waals surface area contributed by atoms with Crippen molar-refractivity contribution in [2.45, 2.75) is 57.9 Å². The second kappa shape index (κ2) is 5.86. The summed E-state index contributed by atoms with van der Waals surface area (Å²) in [6, 6.07) is 0. The van der Waals surface area contributed by atoms with Crippen LogP contribution in [0.5, 0.6) is 0 Å². The average molecular weight is 213 g/mol. The highest BCUT2D eigenvalue weighted by molar-refractivity contribution is 4.94. The fraction of sp³-hybridized carbons (Fsp3) is 1.00. The standard InChI is InChI=1S/C13H27NO/c1-4-11-8-6-7-9-12(11)13(14,5-2)10-15-3/h11-12H,4-10,14H2,1-3H3. The molecule has 0 aromatic rings. The van der Waals surface area contributed by atoms with Crippen molar-refractivity contribution in [3.8, 4) is 0 Å². The van der Waals surface area contributed by atoms with Crippen molar-refractivity contribution in [2.75, 3.05) is 13.7 Å². The molecule has 3 atom stereocenters. The largest absolute Gasteiger partial charge is 0.383 e. The highest BCUT2D eigenvalue weighted by Crippen LogP contribution is 2.39. The molecule has 3 unspecified atom stereocenters. The van der Waals surface area contributed by atoms with Gasteiger partial charge in [-0.15, -0.1) is 0 Å². The van der Waals surface area contributed by atoms with E-state index in [9.17, 15) is 0 Å². The van der Waals surface area contributed by atoms with Gasteiger partial charge in [-0.25, -0.2) is 0 Å². The van der Waals surface area contributed by atoms with Gasteiger partial charge in [0.15, 0.2) is 0 Å². The summed E-state index contributed by atoms with van der Waals surface area (Å²) >= 11 is 0. The maximum absolute atomic E-state index is 6.52. The molecule has 0 radical (unpaired) electrons. The van der Waals surface area contributed by atoms with Crippen molar-refractivity contribution < 1.29 is 4.74 Å². The van der Waals surface area contributed by atoms with Gasteiger partial charge in [-0.3, -0.25) is 0 Å². The first kappa shape index (κ1) is 13.0. The monoisotopic (exact) mass is 213 g/mol. The van der Waals surface area contributed by atoms with Gasteiger partial charge in [-0.1, -0.05) is 39.5 Å². The summed E-state index contributed by atoms with van der Waals surface area (Å²) in [6.07, 6.45) is 7.71. The summed E-state index contributed by atoms with van der Waals surface area (Å²) in [5, 5.41) is 0. The zero-order valence-corrected chi connectivity index (χ0v) is 10.6. The number of hydrogen-bond acceptors (Lipinski definition) is 2. The molecule has 0 saturated heterocycles. The number of ether oxygens (including phenoxy) is 1. The molecule has 0 bridgehead atoms. The van der Waals surface area contributed by atoms with Crippen LogP contribution >= 0.6 is 0 Å². The van der Waals surface area contributed by atoms with Crippen LogP contribution in [0, 0.1) is 11.8 Å². The average Bonchev–Trinajstić information content (AvgIpc) is 2.29. The molecule has 0 heterocycles. The number of methoxy groups -OCH3 is 1. The summed E-state index contributed by atoms with van der Waals surface area (Å²) in [4.78, 5) is 0. The zero-order chi connectivity index (χ0) is 11.3. The first-order chi connectivity index (χ1) is 7.18. The van der Waals surface area contributed by atoms with Crippen molar-refractivity contribution in [1.82, 2.24) is 0 Å². The quantitative estimate of drug-likeness (QED) is 0.762.